The average Bonchev–Trinajstić information content (AvgIpc) is 2.87. The number of benzene rings is 1. The van der Waals surface area contributed by atoms with Crippen molar-refractivity contribution in [1.82, 2.24) is 4.31 Å². The Labute approximate surface area is 121 Å². The van der Waals surface area contributed by atoms with Crippen LogP contribution in [0.25, 0.3) is 11.0 Å². The Morgan fingerprint density at radius 2 is 1.95 bits per heavy atom. The molecule has 1 aromatic heterocycles. The smallest absolute Gasteiger partial charge is 0.259 e. The third-order valence-electron chi connectivity index (χ3n) is 3.66. The molecule has 0 N–H and O–H groups in total. The molecule has 1 aromatic carbocycles. The first-order valence-corrected chi connectivity index (χ1v) is 7.77. The molecule has 0 unspecified atom stereocenters. The Bertz CT molecular complexity index is 829. The largest absolute Gasteiger partial charge is 0.453 e. The van der Waals surface area contributed by atoms with Crippen LogP contribution < -0.4 is 0 Å². The van der Waals surface area contributed by atoms with E-state index in [1.807, 2.05) is 0 Å². The topological polar surface area (TPSA) is 84.7 Å². The van der Waals surface area contributed by atoms with E-state index in [0.717, 1.165) is 5.39 Å². The minimum absolute atomic E-state index is 0.0453. The molecule has 1 saturated heterocycles. The van der Waals surface area contributed by atoms with Gasteiger partial charge in [-0.15, -0.1) is 0 Å². The molecule has 0 atom stereocenters. The lowest BCUT2D eigenvalue weighted by atomic mass is 10.1. The SMILES string of the molecule is CC1(C)C(=O)N(CC(=O)c2cc3ccccc3o2)S1(=O)=O. The number of hydrogen-bond donors (Lipinski definition) is 0. The van der Waals surface area contributed by atoms with Gasteiger partial charge in [0.2, 0.25) is 5.78 Å². The van der Waals surface area contributed by atoms with Crippen LogP contribution >= 0.6 is 0 Å². The summed E-state index contributed by atoms with van der Waals surface area (Å²) < 4.78 is 28.4. The zero-order valence-corrected chi connectivity index (χ0v) is 12.3. The second-order valence-corrected chi connectivity index (χ2v) is 7.81. The molecule has 0 bridgehead atoms. The van der Waals surface area contributed by atoms with Crippen molar-refractivity contribution in [1.29, 1.82) is 0 Å². The minimum atomic E-state index is -3.76. The summed E-state index contributed by atoms with van der Waals surface area (Å²) in [4.78, 5) is 23.9. The predicted octanol–water partition coefficient (Wildman–Crippen LogP) is 1.57. The van der Waals surface area contributed by atoms with Gasteiger partial charge in [0, 0.05) is 5.39 Å². The van der Waals surface area contributed by atoms with E-state index >= 15 is 0 Å². The molecule has 0 saturated carbocycles. The van der Waals surface area contributed by atoms with E-state index in [9.17, 15) is 18.0 Å². The van der Waals surface area contributed by atoms with Crippen molar-refractivity contribution in [3.8, 4) is 0 Å². The summed E-state index contributed by atoms with van der Waals surface area (Å²) in [7, 11) is -3.76. The lowest BCUT2D eigenvalue weighted by Crippen LogP contribution is -2.68. The number of para-hydroxylation sites is 1. The number of furan rings is 1. The second-order valence-electron chi connectivity index (χ2n) is 5.40. The van der Waals surface area contributed by atoms with Gasteiger partial charge in [0.1, 0.15) is 12.1 Å². The Hall–Kier alpha value is -2.15. The van der Waals surface area contributed by atoms with E-state index in [0.29, 0.717) is 9.89 Å². The van der Waals surface area contributed by atoms with Crippen molar-refractivity contribution in [2.24, 2.45) is 0 Å². The van der Waals surface area contributed by atoms with Crippen LogP contribution in [0.2, 0.25) is 0 Å². The summed E-state index contributed by atoms with van der Waals surface area (Å²) in [6.07, 6.45) is 0. The number of fused-ring (bicyclic) bond motifs is 1. The molecule has 0 radical (unpaired) electrons. The number of nitrogens with zero attached hydrogens (tertiary/aromatic N) is 1. The molecule has 110 valence electrons. The first kappa shape index (κ1) is 13.8. The number of carbonyl (C=O) groups excluding carboxylic acids is 2. The van der Waals surface area contributed by atoms with E-state index in [1.165, 1.54) is 13.8 Å². The van der Waals surface area contributed by atoms with Gasteiger partial charge in [-0.1, -0.05) is 18.2 Å². The Morgan fingerprint density at radius 3 is 2.57 bits per heavy atom. The zero-order valence-electron chi connectivity index (χ0n) is 11.5. The molecule has 0 aliphatic carbocycles. The number of carbonyl (C=O) groups is 2. The fourth-order valence-corrected chi connectivity index (χ4v) is 3.72. The van der Waals surface area contributed by atoms with E-state index in [4.69, 9.17) is 4.42 Å². The maximum absolute atomic E-state index is 12.1. The highest BCUT2D eigenvalue weighted by atomic mass is 32.2. The maximum atomic E-state index is 12.1. The summed E-state index contributed by atoms with van der Waals surface area (Å²) in [6, 6.07) is 8.61. The number of ketones is 1. The van der Waals surface area contributed by atoms with Crippen molar-refractivity contribution in [2.75, 3.05) is 6.54 Å². The van der Waals surface area contributed by atoms with Crippen LogP contribution in [0.5, 0.6) is 0 Å². The van der Waals surface area contributed by atoms with Crippen molar-refractivity contribution in [3.05, 3.63) is 36.1 Å². The zero-order chi connectivity index (χ0) is 15.4. The molecule has 0 spiro atoms. The van der Waals surface area contributed by atoms with Crippen LogP contribution in [0.1, 0.15) is 24.4 Å². The first-order valence-electron chi connectivity index (χ1n) is 6.33. The molecule has 2 aromatic rings. The first-order chi connectivity index (χ1) is 9.75. The van der Waals surface area contributed by atoms with E-state index < -0.39 is 33.0 Å². The lowest BCUT2D eigenvalue weighted by molar-refractivity contribution is -0.131. The highest BCUT2D eigenvalue weighted by Gasteiger charge is 2.60. The quantitative estimate of drug-likeness (QED) is 0.803. The predicted molar refractivity (Wildman–Crippen MR) is 75.3 cm³/mol. The summed E-state index contributed by atoms with van der Waals surface area (Å²) >= 11 is 0. The van der Waals surface area contributed by atoms with Gasteiger partial charge in [0.25, 0.3) is 15.9 Å². The van der Waals surface area contributed by atoms with Crippen molar-refractivity contribution in [3.63, 3.8) is 0 Å². The molecule has 1 aliphatic heterocycles. The highest BCUT2D eigenvalue weighted by molar-refractivity contribution is 7.94. The second kappa shape index (κ2) is 4.17. The van der Waals surface area contributed by atoms with Crippen LogP contribution in [0.4, 0.5) is 0 Å². The standard InChI is InChI=1S/C14H13NO5S/c1-14(2)13(17)15(21(14,18)19)8-10(16)12-7-9-5-3-4-6-11(9)20-12/h3-7H,8H2,1-2H3. The van der Waals surface area contributed by atoms with Gasteiger partial charge >= 0.3 is 0 Å². The summed E-state index contributed by atoms with van der Waals surface area (Å²) in [6.45, 7) is 2.13. The lowest BCUT2D eigenvalue weighted by Gasteiger charge is -2.42. The Morgan fingerprint density at radius 1 is 1.29 bits per heavy atom. The molecular weight excluding hydrogens is 294 g/mol. The van der Waals surface area contributed by atoms with Gasteiger partial charge in [0.05, 0.1) is 0 Å². The van der Waals surface area contributed by atoms with Crippen LogP contribution in [0.15, 0.2) is 34.7 Å². The van der Waals surface area contributed by atoms with Crippen molar-refractivity contribution < 1.29 is 22.4 Å². The van der Waals surface area contributed by atoms with Gasteiger partial charge in [-0.2, -0.15) is 0 Å². The third kappa shape index (κ3) is 1.80. The normalized spacial score (nSPS) is 19.5. The number of Topliss-reactive ketones (excluding diaryl/α,β-unsaturated/α-hetero) is 1. The van der Waals surface area contributed by atoms with Gasteiger partial charge in [-0.05, 0) is 26.0 Å². The fourth-order valence-electron chi connectivity index (χ4n) is 2.24. The van der Waals surface area contributed by atoms with Crippen LogP contribution in [-0.4, -0.2) is 35.7 Å². The summed E-state index contributed by atoms with van der Waals surface area (Å²) in [5.74, 6) is -1.07. The maximum Gasteiger partial charge on any atom is 0.259 e. The Kier molecular flexibility index (Phi) is 2.75. The van der Waals surface area contributed by atoms with Gasteiger partial charge in [0.15, 0.2) is 10.5 Å². The summed E-state index contributed by atoms with van der Waals surface area (Å²) in [5, 5.41) is 0.749. The van der Waals surface area contributed by atoms with Crippen LogP contribution in [0.3, 0.4) is 0 Å². The molecule has 1 aliphatic rings. The molecule has 1 amide bonds. The number of amides is 1. The van der Waals surface area contributed by atoms with Gasteiger partial charge in [-0.25, -0.2) is 12.7 Å². The molecule has 1 fully saturated rings. The monoisotopic (exact) mass is 307 g/mol. The van der Waals surface area contributed by atoms with Crippen molar-refractivity contribution >= 4 is 32.7 Å². The van der Waals surface area contributed by atoms with Gasteiger partial charge in [-0.3, -0.25) is 9.59 Å². The van der Waals surface area contributed by atoms with E-state index in [1.54, 1.807) is 30.3 Å². The molecule has 3 rings (SSSR count). The number of rotatable bonds is 3. The summed E-state index contributed by atoms with van der Waals surface area (Å²) in [5.41, 5.74) is 0.541. The molecule has 7 heteroatoms. The van der Waals surface area contributed by atoms with Crippen molar-refractivity contribution in [2.45, 2.75) is 18.6 Å². The van der Waals surface area contributed by atoms with E-state index in [-0.39, 0.29) is 5.76 Å². The number of sulfonamides is 1. The van der Waals surface area contributed by atoms with Crippen LogP contribution in [0, 0.1) is 0 Å². The highest BCUT2D eigenvalue weighted by Crippen LogP contribution is 2.34. The fraction of sp³-hybridized carbons (Fsp3) is 0.286. The molecule has 21 heavy (non-hydrogen) atoms. The van der Waals surface area contributed by atoms with Crippen LogP contribution in [-0.2, 0) is 14.8 Å². The van der Waals surface area contributed by atoms with Gasteiger partial charge < -0.3 is 4.42 Å². The van der Waals surface area contributed by atoms with E-state index in [2.05, 4.69) is 0 Å². The molecular formula is C14H13NO5S. The molecule has 2 heterocycles. The Balaban J connectivity index is 1.86. The third-order valence-corrected chi connectivity index (χ3v) is 6.00. The molecule has 6 nitrogen and oxygen atoms in total. The number of hydrogen-bond acceptors (Lipinski definition) is 5. The minimum Gasteiger partial charge on any atom is -0.453 e. The average molecular weight is 307 g/mol.